The molecule has 2 unspecified atom stereocenters. The van der Waals surface area contributed by atoms with E-state index < -0.39 is 0 Å². The van der Waals surface area contributed by atoms with E-state index in [0.29, 0.717) is 12.0 Å². The van der Waals surface area contributed by atoms with Crippen LogP contribution < -0.4 is 0 Å². The van der Waals surface area contributed by atoms with Crippen LogP contribution in [0.1, 0.15) is 33.6 Å². The van der Waals surface area contributed by atoms with E-state index in [1.54, 1.807) is 0 Å². The Kier molecular flexibility index (Phi) is 2.72. The minimum atomic E-state index is 0.267. The third kappa shape index (κ3) is 1.84. The molecule has 64 valence electrons. The molecule has 0 aromatic rings. The van der Waals surface area contributed by atoms with E-state index in [1.807, 2.05) is 0 Å². The van der Waals surface area contributed by atoms with Gasteiger partial charge in [-0.25, -0.2) is 0 Å². The summed E-state index contributed by atoms with van der Waals surface area (Å²) in [5, 5.41) is 0. The maximum absolute atomic E-state index is 5.72. The molecule has 1 aliphatic rings. The van der Waals surface area contributed by atoms with E-state index >= 15 is 0 Å². The van der Waals surface area contributed by atoms with E-state index in [1.165, 1.54) is 5.57 Å². The molecule has 1 heteroatoms. The zero-order chi connectivity index (χ0) is 8.43. The van der Waals surface area contributed by atoms with Crippen molar-refractivity contribution in [2.24, 2.45) is 5.92 Å². The molecule has 1 nitrogen and oxygen atoms in total. The topological polar surface area (TPSA) is 9.23 Å². The van der Waals surface area contributed by atoms with Gasteiger partial charge in [-0.2, -0.15) is 0 Å². The number of hydrogen-bond donors (Lipinski definition) is 0. The molecule has 0 amide bonds. The molecule has 1 saturated heterocycles. The van der Waals surface area contributed by atoms with E-state index in [0.717, 1.165) is 12.8 Å². The highest BCUT2D eigenvalue weighted by atomic mass is 16.5. The second-order valence-electron chi connectivity index (χ2n) is 3.52. The van der Waals surface area contributed by atoms with Gasteiger partial charge in [0.25, 0.3) is 0 Å². The summed E-state index contributed by atoms with van der Waals surface area (Å²) in [6.45, 7) is 10.5. The van der Waals surface area contributed by atoms with Crippen LogP contribution in [0.5, 0.6) is 0 Å². The van der Waals surface area contributed by atoms with Gasteiger partial charge >= 0.3 is 0 Å². The fourth-order valence-corrected chi connectivity index (χ4v) is 1.64. The van der Waals surface area contributed by atoms with E-state index in [2.05, 4.69) is 27.4 Å². The lowest BCUT2D eigenvalue weighted by Crippen LogP contribution is -2.31. The van der Waals surface area contributed by atoms with Crippen molar-refractivity contribution in [2.45, 2.75) is 45.8 Å². The van der Waals surface area contributed by atoms with E-state index in [-0.39, 0.29) is 6.10 Å². The summed E-state index contributed by atoms with van der Waals surface area (Å²) < 4.78 is 5.72. The highest BCUT2D eigenvalue weighted by Crippen LogP contribution is 2.29. The summed E-state index contributed by atoms with van der Waals surface area (Å²) in [6, 6.07) is 0. The van der Waals surface area contributed by atoms with Crippen molar-refractivity contribution in [3.05, 3.63) is 12.2 Å². The summed E-state index contributed by atoms with van der Waals surface area (Å²) in [6.07, 6.45) is 3.01. The van der Waals surface area contributed by atoms with Crippen molar-refractivity contribution >= 4 is 0 Å². The average Bonchev–Trinajstić information content (AvgIpc) is 1.99. The Hall–Kier alpha value is -0.300. The van der Waals surface area contributed by atoms with Gasteiger partial charge in [-0.1, -0.05) is 20.4 Å². The molecule has 0 bridgehead atoms. The molecule has 1 rings (SSSR count). The van der Waals surface area contributed by atoms with Crippen LogP contribution in [0.4, 0.5) is 0 Å². The third-order valence-corrected chi connectivity index (χ3v) is 2.62. The SMILES string of the molecule is C=C1C(C)CC(CC)O[C@@H]1C. The van der Waals surface area contributed by atoms with Crippen molar-refractivity contribution in [3.63, 3.8) is 0 Å². The maximum Gasteiger partial charge on any atom is 0.0760 e. The fourth-order valence-electron chi connectivity index (χ4n) is 1.64. The molecule has 0 spiro atoms. The van der Waals surface area contributed by atoms with Gasteiger partial charge in [0.15, 0.2) is 0 Å². The van der Waals surface area contributed by atoms with Crippen LogP contribution in [0.3, 0.4) is 0 Å². The molecule has 0 radical (unpaired) electrons. The van der Waals surface area contributed by atoms with Gasteiger partial charge in [0, 0.05) is 0 Å². The zero-order valence-corrected chi connectivity index (χ0v) is 7.76. The molecule has 1 fully saturated rings. The molecule has 3 atom stereocenters. The van der Waals surface area contributed by atoms with Gasteiger partial charge < -0.3 is 4.74 Å². The summed E-state index contributed by atoms with van der Waals surface area (Å²) in [4.78, 5) is 0. The number of ether oxygens (including phenoxy) is 1. The van der Waals surface area contributed by atoms with Crippen molar-refractivity contribution < 1.29 is 4.74 Å². The van der Waals surface area contributed by atoms with Crippen molar-refractivity contribution in [3.8, 4) is 0 Å². The second-order valence-corrected chi connectivity index (χ2v) is 3.52. The van der Waals surface area contributed by atoms with Gasteiger partial charge in [-0.3, -0.25) is 0 Å². The van der Waals surface area contributed by atoms with Crippen molar-refractivity contribution in [1.29, 1.82) is 0 Å². The van der Waals surface area contributed by atoms with Crippen molar-refractivity contribution in [1.82, 2.24) is 0 Å². The minimum Gasteiger partial charge on any atom is -0.371 e. The first-order chi connectivity index (χ1) is 5.15. The summed E-state index contributed by atoms with van der Waals surface area (Å²) in [5.41, 5.74) is 1.26. The Morgan fingerprint density at radius 2 is 2.18 bits per heavy atom. The van der Waals surface area contributed by atoms with Gasteiger partial charge in [0.1, 0.15) is 0 Å². The van der Waals surface area contributed by atoms with Crippen LogP contribution in [0.15, 0.2) is 12.2 Å². The molecule has 1 heterocycles. The van der Waals surface area contributed by atoms with Crippen LogP contribution in [0.2, 0.25) is 0 Å². The first-order valence-electron chi connectivity index (χ1n) is 4.49. The van der Waals surface area contributed by atoms with Gasteiger partial charge in [0.05, 0.1) is 12.2 Å². The van der Waals surface area contributed by atoms with Crippen LogP contribution >= 0.6 is 0 Å². The van der Waals surface area contributed by atoms with E-state index in [9.17, 15) is 0 Å². The molecule has 0 aromatic carbocycles. The molecular formula is C10H18O. The lowest BCUT2D eigenvalue weighted by Gasteiger charge is -2.33. The Balaban J connectivity index is 2.54. The lowest BCUT2D eigenvalue weighted by atomic mass is 9.89. The summed E-state index contributed by atoms with van der Waals surface area (Å²) in [7, 11) is 0. The zero-order valence-electron chi connectivity index (χ0n) is 7.76. The first kappa shape index (κ1) is 8.79. The standard InChI is InChI=1S/C10H18O/c1-5-10-6-7(2)8(3)9(4)11-10/h7,9-10H,3,5-6H2,1-2,4H3/t7?,9-,10?/m1/s1. The lowest BCUT2D eigenvalue weighted by molar-refractivity contribution is -0.0248. The predicted molar refractivity (Wildman–Crippen MR) is 47.5 cm³/mol. The Morgan fingerprint density at radius 1 is 1.55 bits per heavy atom. The van der Waals surface area contributed by atoms with Crippen LogP contribution in [-0.2, 0) is 4.74 Å². The largest absolute Gasteiger partial charge is 0.371 e. The van der Waals surface area contributed by atoms with Gasteiger partial charge in [0.2, 0.25) is 0 Å². The molecule has 1 aliphatic heterocycles. The predicted octanol–water partition coefficient (Wildman–Crippen LogP) is 2.77. The van der Waals surface area contributed by atoms with Gasteiger partial charge in [-0.15, -0.1) is 0 Å². The Morgan fingerprint density at radius 3 is 2.64 bits per heavy atom. The Labute approximate surface area is 69.4 Å². The maximum atomic E-state index is 5.72. The highest BCUT2D eigenvalue weighted by molar-refractivity contribution is 5.08. The molecule has 0 aromatic heterocycles. The monoisotopic (exact) mass is 154 g/mol. The normalized spacial score (nSPS) is 39.2. The molecule has 0 N–H and O–H groups in total. The minimum absolute atomic E-state index is 0.267. The number of rotatable bonds is 1. The van der Waals surface area contributed by atoms with Crippen LogP contribution in [0, 0.1) is 5.92 Å². The molecular weight excluding hydrogens is 136 g/mol. The Bertz CT molecular complexity index is 137. The molecule has 0 aliphatic carbocycles. The second kappa shape index (κ2) is 3.40. The van der Waals surface area contributed by atoms with Crippen LogP contribution in [-0.4, -0.2) is 12.2 Å². The third-order valence-electron chi connectivity index (χ3n) is 2.62. The van der Waals surface area contributed by atoms with Crippen molar-refractivity contribution in [2.75, 3.05) is 0 Å². The number of hydrogen-bond acceptors (Lipinski definition) is 1. The summed E-state index contributed by atoms with van der Waals surface area (Å²) >= 11 is 0. The smallest absolute Gasteiger partial charge is 0.0760 e. The average molecular weight is 154 g/mol. The highest BCUT2D eigenvalue weighted by Gasteiger charge is 2.25. The molecule has 11 heavy (non-hydrogen) atoms. The summed E-state index contributed by atoms with van der Waals surface area (Å²) in [5.74, 6) is 0.642. The fraction of sp³-hybridized carbons (Fsp3) is 0.800. The van der Waals surface area contributed by atoms with E-state index in [4.69, 9.17) is 4.74 Å². The quantitative estimate of drug-likeness (QED) is 0.528. The van der Waals surface area contributed by atoms with Crippen LogP contribution in [0.25, 0.3) is 0 Å². The first-order valence-corrected chi connectivity index (χ1v) is 4.49. The van der Waals surface area contributed by atoms with Gasteiger partial charge in [-0.05, 0) is 31.3 Å². The molecule has 0 saturated carbocycles.